The van der Waals surface area contributed by atoms with E-state index in [1.54, 1.807) is 6.26 Å². The van der Waals surface area contributed by atoms with Crippen molar-refractivity contribution in [1.29, 1.82) is 0 Å². The second-order valence-electron chi connectivity index (χ2n) is 4.66. The normalized spacial score (nSPS) is 13.3. The summed E-state index contributed by atoms with van der Waals surface area (Å²) in [5.41, 5.74) is 2.36. The molecule has 4 heteroatoms. The Labute approximate surface area is 117 Å². The van der Waals surface area contributed by atoms with Gasteiger partial charge in [-0.15, -0.1) is 0 Å². The molecule has 1 aliphatic heterocycles. The van der Waals surface area contributed by atoms with E-state index in [0.29, 0.717) is 0 Å². The molecule has 0 saturated heterocycles. The fourth-order valence-electron chi connectivity index (χ4n) is 2.37. The highest BCUT2D eigenvalue weighted by Crippen LogP contribution is 2.32. The summed E-state index contributed by atoms with van der Waals surface area (Å²) in [6, 6.07) is 7.87. The Balaban J connectivity index is 1.58. The van der Waals surface area contributed by atoms with Crippen molar-refractivity contribution in [3.63, 3.8) is 0 Å². The first-order chi connectivity index (χ1) is 9.33. The lowest BCUT2D eigenvalue weighted by Gasteiger charge is -2.09. The van der Waals surface area contributed by atoms with Gasteiger partial charge in [0.1, 0.15) is 11.5 Å². The van der Waals surface area contributed by atoms with Crippen LogP contribution in [0.1, 0.15) is 16.9 Å². The lowest BCUT2D eigenvalue weighted by atomic mass is 10.1. The van der Waals surface area contributed by atoms with Crippen molar-refractivity contribution in [2.24, 2.45) is 0 Å². The standard InChI is InChI=1S/C15H16ClNO2/c16-13-8-11-4-7-19-15(11)12(9-13)10-17-5-3-14-2-1-6-18-14/h1-2,6,8-9,17H,3-5,7,10H2. The van der Waals surface area contributed by atoms with E-state index in [9.17, 15) is 0 Å². The van der Waals surface area contributed by atoms with Crippen LogP contribution in [0.4, 0.5) is 0 Å². The highest BCUT2D eigenvalue weighted by atomic mass is 35.5. The van der Waals surface area contributed by atoms with Crippen LogP contribution in [0.5, 0.6) is 5.75 Å². The van der Waals surface area contributed by atoms with Crippen LogP contribution in [-0.2, 0) is 19.4 Å². The minimum atomic E-state index is 0.759. The molecular weight excluding hydrogens is 262 g/mol. The average Bonchev–Trinajstić information content (AvgIpc) is 3.04. The maximum atomic E-state index is 6.12. The van der Waals surface area contributed by atoms with E-state index in [2.05, 4.69) is 5.32 Å². The average molecular weight is 278 g/mol. The first-order valence-electron chi connectivity index (χ1n) is 6.50. The number of hydrogen-bond donors (Lipinski definition) is 1. The van der Waals surface area contributed by atoms with Crippen LogP contribution >= 0.6 is 11.6 Å². The van der Waals surface area contributed by atoms with Crippen molar-refractivity contribution in [2.75, 3.05) is 13.2 Å². The van der Waals surface area contributed by atoms with E-state index in [1.165, 1.54) is 5.56 Å². The quantitative estimate of drug-likeness (QED) is 0.853. The zero-order valence-electron chi connectivity index (χ0n) is 10.6. The van der Waals surface area contributed by atoms with Crippen molar-refractivity contribution in [2.45, 2.75) is 19.4 Å². The van der Waals surface area contributed by atoms with Gasteiger partial charge < -0.3 is 14.5 Å². The van der Waals surface area contributed by atoms with Crippen molar-refractivity contribution in [1.82, 2.24) is 5.32 Å². The molecule has 0 spiro atoms. The second-order valence-corrected chi connectivity index (χ2v) is 5.09. The van der Waals surface area contributed by atoms with Gasteiger partial charge in [-0.3, -0.25) is 0 Å². The number of hydrogen-bond acceptors (Lipinski definition) is 3. The number of ether oxygens (including phenoxy) is 1. The zero-order chi connectivity index (χ0) is 13.1. The van der Waals surface area contributed by atoms with Crippen molar-refractivity contribution in [3.8, 4) is 5.75 Å². The minimum absolute atomic E-state index is 0.759. The predicted octanol–water partition coefficient (Wildman–Crippen LogP) is 3.20. The summed E-state index contributed by atoms with van der Waals surface area (Å²) in [6.45, 7) is 2.40. The third-order valence-electron chi connectivity index (χ3n) is 3.27. The summed E-state index contributed by atoms with van der Waals surface area (Å²) >= 11 is 6.12. The van der Waals surface area contributed by atoms with Gasteiger partial charge >= 0.3 is 0 Å². The largest absolute Gasteiger partial charge is 0.493 e. The summed E-state index contributed by atoms with van der Waals surface area (Å²) in [7, 11) is 0. The van der Waals surface area contributed by atoms with Gasteiger partial charge in [-0.25, -0.2) is 0 Å². The van der Waals surface area contributed by atoms with Gasteiger partial charge in [-0.1, -0.05) is 11.6 Å². The number of fused-ring (bicyclic) bond motifs is 1. The molecule has 0 fully saturated rings. The first-order valence-corrected chi connectivity index (χ1v) is 6.88. The molecule has 19 heavy (non-hydrogen) atoms. The second kappa shape index (κ2) is 5.68. The van der Waals surface area contributed by atoms with Crippen LogP contribution in [0, 0.1) is 0 Å². The third kappa shape index (κ3) is 2.94. The lowest BCUT2D eigenvalue weighted by molar-refractivity contribution is 0.352. The molecule has 1 N–H and O–H groups in total. The summed E-state index contributed by atoms with van der Waals surface area (Å²) in [5.74, 6) is 2.01. The van der Waals surface area contributed by atoms with Crippen molar-refractivity contribution in [3.05, 3.63) is 52.4 Å². The van der Waals surface area contributed by atoms with E-state index in [1.807, 2.05) is 24.3 Å². The molecule has 2 aromatic rings. The molecule has 0 bridgehead atoms. The maximum Gasteiger partial charge on any atom is 0.127 e. The molecule has 0 unspecified atom stereocenters. The van der Waals surface area contributed by atoms with Crippen LogP contribution in [0.15, 0.2) is 34.9 Å². The molecule has 2 heterocycles. The van der Waals surface area contributed by atoms with E-state index in [0.717, 1.165) is 54.6 Å². The highest BCUT2D eigenvalue weighted by Gasteiger charge is 2.17. The predicted molar refractivity (Wildman–Crippen MR) is 74.8 cm³/mol. The van der Waals surface area contributed by atoms with Gasteiger partial charge in [-0.2, -0.15) is 0 Å². The smallest absolute Gasteiger partial charge is 0.127 e. The lowest BCUT2D eigenvalue weighted by Crippen LogP contribution is -2.17. The van der Waals surface area contributed by atoms with Crippen molar-refractivity contribution >= 4 is 11.6 Å². The molecule has 0 saturated carbocycles. The van der Waals surface area contributed by atoms with E-state index < -0.39 is 0 Å². The van der Waals surface area contributed by atoms with Crippen LogP contribution in [0.25, 0.3) is 0 Å². The van der Waals surface area contributed by atoms with Crippen LogP contribution in [0.3, 0.4) is 0 Å². The monoisotopic (exact) mass is 277 g/mol. The molecule has 3 rings (SSSR count). The van der Waals surface area contributed by atoms with Gasteiger partial charge in [0.2, 0.25) is 0 Å². The number of rotatable bonds is 5. The Morgan fingerprint density at radius 3 is 3.11 bits per heavy atom. The number of furan rings is 1. The fourth-order valence-corrected chi connectivity index (χ4v) is 2.63. The Morgan fingerprint density at radius 1 is 1.32 bits per heavy atom. The molecule has 0 amide bonds. The third-order valence-corrected chi connectivity index (χ3v) is 3.49. The van der Waals surface area contributed by atoms with Gasteiger partial charge in [0, 0.05) is 36.5 Å². The molecular formula is C15H16ClNO2. The van der Waals surface area contributed by atoms with Crippen molar-refractivity contribution < 1.29 is 9.15 Å². The van der Waals surface area contributed by atoms with E-state index in [4.69, 9.17) is 20.8 Å². The Bertz CT molecular complexity index is 552. The SMILES string of the molecule is Clc1cc2c(c(CNCCc3ccco3)c1)OCC2. The summed E-state index contributed by atoms with van der Waals surface area (Å²) in [5, 5.41) is 4.18. The fraction of sp³-hybridized carbons (Fsp3) is 0.333. The maximum absolute atomic E-state index is 6.12. The van der Waals surface area contributed by atoms with E-state index in [-0.39, 0.29) is 0 Å². The first kappa shape index (κ1) is 12.6. The Morgan fingerprint density at radius 2 is 2.26 bits per heavy atom. The molecule has 0 radical (unpaired) electrons. The van der Waals surface area contributed by atoms with Crippen LogP contribution in [0.2, 0.25) is 5.02 Å². The number of nitrogens with one attached hydrogen (secondary N) is 1. The van der Waals surface area contributed by atoms with Gasteiger partial charge in [0.15, 0.2) is 0 Å². The topological polar surface area (TPSA) is 34.4 Å². The van der Waals surface area contributed by atoms with E-state index >= 15 is 0 Å². The number of benzene rings is 1. The molecule has 3 nitrogen and oxygen atoms in total. The van der Waals surface area contributed by atoms with Gasteiger partial charge in [0.05, 0.1) is 12.9 Å². The minimum Gasteiger partial charge on any atom is -0.493 e. The molecule has 0 aliphatic carbocycles. The van der Waals surface area contributed by atoms with Crippen LogP contribution in [-0.4, -0.2) is 13.2 Å². The molecule has 1 aromatic heterocycles. The Hall–Kier alpha value is -1.45. The number of halogens is 1. The molecule has 0 atom stereocenters. The van der Waals surface area contributed by atoms with Gasteiger partial charge in [0.25, 0.3) is 0 Å². The molecule has 1 aromatic carbocycles. The zero-order valence-corrected chi connectivity index (χ0v) is 11.4. The Kier molecular flexibility index (Phi) is 3.76. The summed E-state index contributed by atoms with van der Waals surface area (Å²) in [4.78, 5) is 0. The highest BCUT2D eigenvalue weighted by molar-refractivity contribution is 6.30. The molecule has 100 valence electrons. The van der Waals surface area contributed by atoms with Crippen LogP contribution < -0.4 is 10.1 Å². The molecule has 1 aliphatic rings. The summed E-state index contributed by atoms with van der Waals surface area (Å²) < 4.78 is 11.0. The van der Waals surface area contributed by atoms with Gasteiger partial charge in [-0.05, 0) is 29.8 Å². The summed E-state index contributed by atoms with van der Waals surface area (Å²) in [6.07, 6.45) is 3.54.